The van der Waals surface area contributed by atoms with E-state index in [1.807, 2.05) is 24.3 Å². The lowest BCUT2D eigenvalue weighted by Gasteiger charge is -2.23. The molecule has 0 spiro atoms. The first kappa shape index (κ1) is 19.6. The zero-order valence-electron chi connectivity index (χ0n) is 15.9. The lowest BCUT2D eigenvalue weighted by molar-refractivity contribution is 0.223. The Morgan fingerprint density at radius 2 is 1.77 bits per heavy atom. The smallest absolute Gasteiger partial charge is 0.317 e. The van der Waals surface area contributed by atoms with Crippen molar-refractivity contribution in [2.75, 3.05) is 13.3 Å². The van der Waals surface area contributed by atoms with Gasteiger partial charge in [0.15, 0.2) is 6.73 Å². The van der Waals surface area contributed by atoms with Gasteiger partial charge in [-0.1, -0.05) is 50.6 Å². The topological polar surface area (TPSA) is 70.6 Å². The standard InChI is InChI=1S/C21H28N2O3/c1-15-5-10-19(18(13-15)21(2,3)4)26-14-23-20(25)22-12-11-16-6-8-17(24)9-7-16/h5-10,13,24H,11-12,14H2,1-4H3,(H2,22,23,25). The van der Waals surface area contributed by atoms with E-state index in [1.165, 1.54) is 5.56 Å². The van der Waals surface area contributed by atoms with Crippen molar-refractivity contribution in [3.63, 3.8) is 0 Å². The molecule has 2 amide bonds. The van der Waals surface area contributed by atoms with E-state index >= 15 is 0 Å². The molecule has 0 aromatic heterocycles. The van der Waals surface area contributed by atoms with Gasteiger partial charge in [0.2, 0.25) is 0 Å². The van der Waals surface area contributed by atoms with Crippen LogP contribution in [0.2, 0.25) is 0 Å². The highest BCUT2D eigenvalue weighted by Gasteiger charge is 2.19. The predicted octanol–water partition coefficient (Wildman–Crippen LogP) is 3.88. The van der Waals surface area contributed by atoms with E-state index in [-0.39, 0.29) is 23.9 Å². The summed E-state index contributed by atoms with van der Waals surface area (Å²) in [6, 6.07) is 12.7. The summed E-state index contributed by atoms with van der Waals surface area (Å²) in [5.41, 5.74) is 3.32. The molecule has 26 heavy (non-hydrogen) atoms. The Morgan fingerprint density at radius 1 is 1.08 bits per heavy atom. The molecule has 0 saturated carbocycles. The molecule has 0 bridgehead atoms. The van der Waals surface area contributed by atoms with Gasteiger partial charge in [0.1, 0.15) is 11.5 Å². The van der Waals surface area contributed by atoms with Crippen LogP contribution in [-0.2, 0) is 11.8 Å². The monoisotopic (exact) mass is 356 g/mol. The molecule has 0 fully saturated rings. The summed E-state index contributed by atoms with van der Waals surface area (Å²) in [5, 5.41) is 14.8. The number of rotatable bonds is 6. The number of benzene rings is 2. The van der Waals surface area contributed by atoms with Crippen molar-refractivity contribution in [3.05, 3.63) is 59.2 Å². The molecule has 0 aliphatic carbocycles. The van der Waals surface area contributed by atoms with Gasteiger partial charge in [-0.05, 0) is 48.1 Å². The van der Waals surface area contributed by atoms with Crippen LogP contribution in [0.5, 0.6) is 11.5 Å². The molecule has 0 heterocycles. The lowest BCUT2D eigenvalue weighted by atomic mass is 9.85. The third kappa shape index (κ3) is 5.99. The fourth-order valence-corrected chi connectivity index (χ4v) is 2.58. The fourth-order valence-electron chi connectivity index (χ4n) is 2.58. The summed E-state index contributed by atoms with van der Waals surface area (Å²) < 4.78 is 5.77. The summed E-state index contributed by atoms with van der Waals surface area (Å²) in [4.78, 5) is 11.9. The minimum atomic E-state index is -0.270. The van der Waals surface area contributed by atoms with Crippen molar-refractivity contribution in [2.45, 2.75) is 39.5 Å². The van der Waals surface area contributed by atoms with E-state index in [0.717, 1.165) is 16.9 Å². The molecular formula is C21H28N2O3. The van der Waals surface area contributed by atoms with Gasteiger partial charge < -0.3 is 20.5 Å². The SMILES string of the molecule is Cc1ccc(OCNC(=O)NCCc2ccc(O)cc2)c(C(C)(C)C)c1. The Kier molecular flexibility index (Phi) is 6.50. The van der Waals surface area contributed by atoms with Crippen molar-refractivity contribution in [3.8, 4) is 11.5 Å². The average molecular weight is 356 g/mol. The molecule has 5 heteroatoms. The van der Waals surface area contributed by atoms with Crippen LogP contribution in [0.3, 0.4) is 0 Å². The van der Waals surface area contributed by atoms with Crippen LogP contribution in [0.15, 0.2) is 42.5 Å². The third-order valence-electron chi connectivity index (χ3n) is 4.04. The first-order valence-corrected chi connectivity index (χ1v) is 8.79. The number of nitrogens with one attached hydrogen (secondary N) is 2. The molecule has 2 rings (SSSR count). The zero-order valence-corrected chi connectivity index (χ0v) is 15.9. The van der Waals surface area contributed by atoms with Crippen LogP contribution in [-0.4, -0.2) is 24.4 Å². The highest BCUT2D eigenvalue weighted by Crippen LogP contribution is 2.31. The van der Waals surface area contributed by atoms with Gasteiger partial charge in [0.25, 0.3) is 0 Å². The minimum Gasteiger partial charge on any atom is -0.508 e. The Bertz CT molecular complexity index is 734. The van der Waals surface area contributed by atoms with Crippen LogP contribution >= 0.6 is 0 Å². The Labute approximate surface area is 155 Å². The Balaban J connectivity index is 1.77. The van der Waals surface area contributed by atoms with Gasteiger partial charge in [-0.2, -0.15) is 0 Å². The molecule has 0 unspecified atom stereocenters. The number of ether oxygens (including phenoxy) is 1. The Hall–Kier alpha value is -2.69. The minimum absolute atomic E-state index is 0.0340. The number of phenols is 1. The molecule has 0 radical (unpaired) electrons. The van der Waals surface area contributed by atoms with Crippen LogP contribution in [0, 0.1) is 6.92 Å². The summed E-state index contributed by atoms with van der Waals surface area (Å²) >= 11 is 0. The van der Waals surface area contributed by atoms with E-state index in [1.54, 1.807) is 12.1 Å². The summed E-state index contributed by atoms with van der Waals surface area (Å²) in [5.74, 6) is 1.02. The number of aryl methyl sites for hydroxylation is 1. The van der Waals surface area contributed by atoms with E-state index in [4.69, 9.17) is 4.74 Å². The van der Waals surface area contributed by atoms with E-state index in [2.05, 4.69) is 44.4 Å². The van der Waals surface area contributed by atoms with Gasteiger partial charge >= 0.3 is 6.03 Å². The maximum Gasteiger partial charge on any atom is 0.317 e. The second kappa shape index (κ2) is 8.61. The van der Waals surface area contributed by atoms with Gasteiger partial charge in [-0.15, -0.1) is 0 Å². The molecule has 0 aliphatic rings. The average Bonchev–Trinajstić information content (AvgIpc) is 2.57. The summed E-state index contributed by atoms with van der Waals surface area (Å²) in [7, 11) is 0. The predicted molar refractivity (Wildman–Crippen MR) is 104 cm³/mol. The third-order valence-corrected chi connectivity index (χ3v) is 4.04. The Morgan fingerprint density at radius 3 is 2.42 bits per heavy atom. The van der Waals surface area contributed by atoms with Crippen molar-refractivity contribution in [2.24, 2.45) is 0 Å². The number of hydrogen-bond acceptors (Lipinski definition) is 3. The van der Waals surface area contributed by atoms with Crippen molar-refractivity contribution in [1.29, 1.82) is 0 Å². The highest BCUT2D eigenvalue weighted by atomic mass is 16.5. The van der Waals surface area contributed by atoms with E-state index in [0.29, 0.717) is 13.0 Å². The summed E-state index contributed by atoms with van der Waals surface area (Å²) in [6.45, 7) is 9.08. The van der Waals surface area contributed by atoms with Gasteiger partial charge in [0, 0.05) is 6.54 Å². The molecule has 0 aliphatic heterocycles. The molecule has 5 nitrogen and oxygen atoms in total. The highest BCUT2D eigenvalue weighted by molar-refractivity contribution is 5.73. The molecule has 2 aromatic rings. The van der Waals surface area contributed by atoms with E-state index in [9.17, 15) is 9.90 Å². The largest absolute Gasteiger partial charge is 0.508 e. The van der Waals surface area contributed by atoms with Crippen molar-refractivity contribution >= 4 is 6.03 Å². The van der Waals surface area contributed by atoms with Crippen LogP contribution in [0.1, 0.15) is 37.5 Å². The van der Waals surface area contributed by atoms with Crippen LogP contribution in [0.4, 0.5) is 4.79 Å². The second-order valence-corrected chi connectivity index (χ2v) is 7.39. The lowest BCUT2D eigenvalue weighted by Crippen LogP contribution is -2.38. The molecule has 0 atom stereocenters. The maximum absolute atomic E-state index is 11.9. The summed E-state index contributed by atoms with van der Waals surface area (Å²) in [6.07, 6.45) is 0.695. The maximum atomic E-state index is 11.9. The van der Waals surface area contributed by atoms with Crippen LogP contribution < -0.4 is 15.4 Å². The molecule has 140 valence electrons. The van der Waals surface area contributed by atoms with Crippen molar-refractivity contribution < 1.29 is 14.6 Å². The van der Waals surface area contributed by atoms with Gasteiger partial charge in [-0.3, -0.25) is 0 Å². The van der Waals surface area contributed by atoms with Crippen molar-refractivity contribution in [1.82, 2.24) is 10.6 Å². The molecule has 2 aromatic carbocycles. The fraction of sp³-hybridized carbons (Fsp3) is 0.381. The molecular weight excluding hydrogens is 328 g/mol. The quantitative estimate of drug-likeness (QED) is 0.688. The number of phenolic OH excluding ortho intramolecular Hbond substituents is 1. The first-order valence-electron chi connectivity index (χ1n) is 8.79. The number of amides is 2. The molecule has 0 saturated heterocycles. The number of aromatic hydroxyl groups is 1. The second-order valence-electron chi connectivity index (χ2n) is 7.39. The molecule has 3 N–H and O–H groups in total. The number of carbonyl (C=O) groups is 1. The van der Waals surface area contributed by atoms with Gasteiger partial charge in [0.05, 0.1) is 0 Å². The number of carbonyl (C=O) groups excluding carboxylic acids is 1. The normalized spacial score (nSPS) is 11.1. The number of hydrogen-bond donors (Lipinski definition) is 3. The van der Waals surface area contributed by atoms with Gasteiger partial charge in [-0.25, -0.2) is 4.79 Å². The van der Waals surface area contributed by atoms with E-state index < -0.39 is 0 Å². The van der Waals surface area contributed by atoms with Crippen LogP contribution in [0.25, 0.3) is 0 Å². The zero-order chi connectivity index (χ0) is 19.2. The number of urea groups is 1. The first-order chi connectivity index (χ1) is 12.3.